The van der Waals surface area contributed by atoms with Gasteiger partial charge in [-0.15, -0.1) is 0 Å². The highest BCUT2D eigenvalue weighted by Gasteiger charge is 2.06. The quantitative estimate of drug-likeness (QED) is 0.401. The number of carboxylic acid groups (broad SMARTS) is 1. The van der Waals surface area contributed by atoms with Crippen LogP contribution in [0.25, 0.3) is 0 Å². The molecular formula is C4H7NO5. The third-order valence-electron chi connectivity index (χ3n) is 0.684. The first-order valence-electron chi connectivity index (χ1n) is 2.45. The Balaban J connectivity index is 3.30. The predicted octanol–water partition coefficient (Wildman–Crippen LogP) is -0.800. The van der Waals surface area contributed by atoms with Crippen LogP contribution >= 0.6 is 0 Å². The minimum atomic E-state index is -1.08. The van der Waals surface area contributed by atoms with Crippen LogP contribution in [-0.2, 0) is 19.5 Å². The number of carbonyl (C=O) groups is 2. The van der Waals surface area contributed by atoms with Crippen LogP contribution in [0.15, 0.2) is 0 Å². The molecule has 0 bridgehead atoms. The molecule has 3 N–H and O–H groups in total. The summed E-state index contributed by atoms with van der Waals surface area (Å²) in [4.78, 5) is 27.3. The van der Waals surface area contributed by atoms with E-state index in [-0.39, 0.29) is 12.8 Å². The lowest BCUT2D eigenvalue weighted by Gasteiger charge is -1.94. The van der Waals surface area contributed by atoms with Crippen molar-refractivity contribution in [1.29, 1.82) is 0 Å². The molecule has 0 radical (unpaired) electrons. The van der Waals surface area contributed by atoms with Crippen LogP contribution in [0.5, 0.6) is 0 Å². The van der Waals surface area contributed by atoms with Crippen molar-refractivity contribution in [2.75, 3.05) is 0 Å². The van der Waals surface area contributed by atoms with E-state index in [2.05, 4.69) is 15.8 Å². The average Bonchev–Trinajstić information content (AvgIpc) is 1.85. The summed E-state index contributed by atoms with van der Waals surface area (Å²) in [6, 6.07) is 0. The van der Waals surface area contributed by atoms with Crippen molar-refractivity contribution >= 4 is 11.9 Å². The highest BCUT2D eigenvalue weighted by molar-refractivity contribution is 5.76. The lowest BCUT2D eigenvalue weighted by Crippen LogP contribution is -2.10. The Kier molecular flexibility index (Phi) is 4.17. The van der Waals surface area contributed by atoms with Crippen molar-refractivity contribution in [3.63, 3.8) is 0 Å². The van der Waals surface area contributed by atoms with Crippen LogP contribution < -0.4 is 5.90 Å². The summed E-state index contributed by atoms with van der Waals surface area (Å²) in [5, 5.41) is 8.05. The van der Waals surface area contributed by atoms with Crippen molar-refractivity contribution in [3.8, 4) is 0 Å². The molecule has 0 aliphatic carbocycles. The van der Waals surface area contributed by atoms with Gasteiger partial charge in [-0.25, -0.2) is 4.79 Å². The Hall–Kier alpha value is -1.14. The molecule has 0 fully saturated rings. The van der Waals surface area contributed by atoms with Crippen molar-refractivity contribution in [2.45, 2.75) is 12.8 Å². The van der Waals surface area contributed by atoms with Crippen molar-refractivity contribution in [3.05, 3.63) is 0 Å². The van der Waals surface area contributed by atoms with E-state index in [1.165, 1.54) is 0 Å². The number of carboxylic acids is 1. The Morgan fingerprint density at radius 3 is 2.40 bits per heavy atom. The maximum Gasteiger partial charge on any atom is 0.345 e. The fourth-order valence-electron chi connectivity index (χ4n) is 0.304. The van der Waals surface area contributed by atoms with Gasteiger partial charge in [0.1, 0.15) is 0 Å². The zero-order valence-corrected chi connectivity index (χ0v) is 5.07. The number of hydrogen-bond donors (Lipinski definition) is 2. The molecule has 0 saturated carbocycles. The Morgan fingerprint density at radius 2 is 2.00 bits per heavy atom. The number of hydrogen-bond acceptors (Lipinski definition) is 5. The fraction of sp³-hybridized carbons (Fsp3) is 0.500. The maximum absolute atomic E-state index is 10.3. The molecule has 0 rings (SSSR count). The molecule has 58 valence electrons. The highest BCUT2D eigenvalue weighted by atomic mass is 17.3. The maximum atomic E-state index is 10.3. The molecule has 0 aliphatic heterocycles. The second kappa shape index (κ2) is 4.71. The van der Waals surface area contributed by atoms with Gasteiger partial charge in [0.25, 0.3) is 0 Å². The second-order valence-electron chi connectivity index (χ2n) is 1.45. The van der Waals surface area contributed by atoms with E-state index >= 15 is 0 Å². The zero-order chi connectivity index (χ0) is 7.98. The summed E-state index contributed by atoms with van der Waals surface area (Å²) < 4.78 is 0. The Morgan fingerprint density at radius 1 is 1.40 bits per heavy atom. The molecule has 10 heavy (non-hydrogen) atoms. The van der Waals surface area contributed by atoms with Crippen LogP contribution in [-0.4, -0.2) is 17.0 Å². The number of nitrogens with two attached hydrogens (primary N) is 1. The molecule has 6 heteroatoms. The van der Waals surface area contributed by atoms with E-state index in [0.717, 1.165) is 0 Å². The lowest BCUT2D eigenvalue weighted by molar-refractivity contribution is -0.276. The third-order valence-corrected chi connectivity index (χ3v) is 0.684. The van der Waals surface area contributed by atoms with Gasteiger partial charge >= 0.3 is 11.9 Å². The minimum absolute atomic E-state index is 0.244. The standard InChI is InChI=1S/C4H7NO5/c5-10-9-4(8)2-1-3(6)7/h1-2,5H2,(H,6,7). The first-order valence-corrected chi connectivity index (χ1v) is 2.45. The van der Waals surface area contributed by atoms with Crippen molar-refractivity contribution in [2.24, 2.45) is 5.90 Å². The second-order valence-corrected chi connectivity index (χ2v) is 1.45. The van der Waals surface area contributed by atoms with Gasteiger partial charge in [-0.3, -0.25) is 9.68 Å². The summed E-state index contributed by atoms with van der Waals surface area (Å²) in [6.07, 6.45) is -0.533. The van der Waals surface area contributed by atoms with Gasteiger partial charge in [-0.05, 0) is 0 Å². The highest BCUT2D eigenvalue weighted by Crippen LogP contribution is 1.91. The van der Waals surface area contributed by atoms with Crippen LogP contribution in [0.4, 0.5) is 0 Å². The van der Waals surface area contributed by atoms with Gasteiger partial charge in [0.2, 0.25) is 0 Å². The first kappa shape index (κ1) is 8.86. The van der Waals surface area contributed by atoms with Gasteiger partial charge in [0.15, 0.2) is 0 Å². The van der Waals surface area contributed by atoms with E-state index in [0.29, 0.717) is 0 Å². The van der Waals surface area contributed by atoms with Crippen LogP contribution in [0.3, 0.4) is 0 Å². The lowest BCUT2D eigenvalue weighted by atomic mass is 10.3. The van der Waals surface area contributed by atoms with Gasteiger partial charge in [0, 0.05) is 0 Å². The number of aliphatic carboxylic acids is 1. The minimum Gasteiger partial charge on any atom is -0.481 e. The molecule has 0 atom stereocenters. The van der Waals surface area contributed by atoms with E-state index in [1.54, 1.807) is 0 Å². The van der Waals surface area contributed by atoms with E-state index in [9.17, 15) is 9.59 Å². The molecule has 0 amide bonds. The van der Waals surface area contributed by atoms with Crippen molar-refractivity contribution < 1.29 is 24.6 Å². The SMILES string of the molecule is NOOC(=O)CCC(=O)O. The molecule has 0 saturated heterocycles. The van der Waals surface area contributed by atoms with Crippen molar-refractivity contribution in [1.82, 2.24) is 0 Å². The van der Waals surface area contributed by atoms with Gasteiger partial charge in [-0.2, -0.15) is 5.90 Å². The van der Waals surface area contributed by atoms with E-state index in [4.69, 9.17) is 5.11 Å². The molecule has 0 unspecified atom stereocenters. The topological polar surface area (TPSA) is 98.9 Å². The van der Waals surface area contributed by atoms with E-state index < -0.39 is 11.9 Å². The summed E-state index contributed by atoms with van der Waals surface area (Å²) in [6.45, 7) is 0. The molecule has 6 nitrogen and oxygen atoms in total. The Bertz CT molecular complexity index is 134. The molecule has 0 aliphatic rings. The number of rotatable bonds is 4. The summed E-state index contributed by atoms with van der Waals surface area (Å²) in [5.41, 5.74) is 0. The fourth-order valence-corrected chi connectivity index (χ4v) is 0.304. The summed E-state index contributed by atoms with van der Waals surface area (Å²) in [7, 11) is 0. The Labute approximate surface area is 56.4 Å². The van der Waals surface area contributed by atoms with Gasteiger partial charge < -0.3 is 5.11 Å². The summed E-state index contributed by atoms with van der Waals surface area (Å²) in [5.74, 6) is 2.47. The zero-order valence-electron chi connectivity index (χ0n) is 5.07. The first-order chi connectivity index (χ1) is 4.66. The van der Waals surface area contributed by atoms with E-state index in [1.807, 2.05) is 0 Å². The third kappa shape index (κ3) is 5.01. The molecule has 0 heterocycles. The van der Waals surface area contributed by atoms with Gasteiger partial charge in [-0.1, -0.05) is 4.99 Å². The predicted molar refractivity (Wildman–Crippen MR) is 28.2 cm³/mol. The summed E-state index contributed by atoms with van der Waals surface area (Å²) >= 11 is 0. The normalized spacial score (nSPS) is 8.90. The monoisotopic (exact) mass is 149 g/mol. The van der Waals surface area contributed by atoms with Crippen LogP contribution in [0.2, 0.25) is 0 Å². The molecular weight excluding hydrogens is 142 g/mol. The van der Waals surface area contributed by atoms with Gasteiger partial charge in [0.05, 0.1) is 12.8 Å². The van der Waals surface area contributed by atoms with Crippen LogP contribution in [0, 0.1) is 0 Å². The largest absolute Gasteiger partial charge is 0.481 e. The molecule has 0 aromatic heterocycles. The molecule has 0 spiro atoms. The smallest absolute Gasteiger partial charge is 0.345 e. The molecule has 0 aromatic rings. The molecule has 0 aromatic carbocycles. The van der Waals surface area contributed by atoms with Crippen LogP contribution in [0.1, 0.15) is 12.8 Å². The average molecular weight is 149 g/mol. The number of carbonyl (C=O) groups excluding carboxylic acids is 1.